The first-order valence-electron chi connectivity index (χ1n) is 10.3. The van der Waals surface area contributed by atoms with Gasteiger partial charge in [-0.2, -0.15) is 8.78 Å². The van der Waals surface area contributed by atoms with Gasteiger partial charge in [0.1, 0.15) is 5.75 Å². The Morgan fingerprint density at radius 3 is 2.43 bits per heavy atom. The molecule has 1 aliphatic carbocycles. The first kappa shape index (κ1) is 18.9. The number of hydrogen-bond acceptors (Lipinski definition) is 3. The largest absolute Gasteiger partial charge is 0.435 e. The minimum Gasteiger partial charge on any atom is -0.435 e. The molecule has 0 unspecified atom stereocenters. The van der Waals surface area contributed by atoms with Crippen LogP contribution in [0.2, 0.25) is 0 Å². The molecule has 30 heavy (non-hydrogen) atoms. The Morgan fingerprint density at radius 1 is 1.07 bits per heavy atom. The van der Waals surface area contributed by atoms with Crippen molar-refractivity contribution in [2.75, 3.05) is 17.2 Å². The molecule has 1 saturated heterocycles. The molecule has 2 N–H and O–H groups in total. The number of carbonyl (C=O) groups is 1. The predicted molar refractivity (Wildman–Crippen MR) is 113 cm³/mol. The maximum atomic E-state index is 12.7. The number of aromatic nitrogens is 1. The number of anilines is 2. The molecule has 2 heterocycles. The van der Waals surface area contributed by atoms with Crippen LogP contribution in [0.15, 0.2) is 42.5 Å². The van der Waals surface area contributed by atoms with Gasteiger partial charge in [0.05, 0.1) is 16.9 Å². The van der Waals surface area contributed by atoms with Gasteiger partial charge in [-0.15, -0.1) is 0 Å². The predicted octanol–water partition coefficient (Wildman–Crippen LogP) is 5.34. The van der Waals surface area contributed by atoms with Crippen molar-refractivity contribution in [2.24, 2.45) is 0 Å². The van der Waals surface area contributed by atoms with E-state index in [1.54, 1.807) is 12.1 Å². The highest BCUT2D eigenvalue weighted by atomic mass is 19.3. The Morgan fingerprint density at radius 2 is 1.83 bits per heavy atom. The number of alkyl halides is 2. The molecule has 1 aliphatic heterocycles. The zero-order chi connectivity index (χ0) is 20.8. The summed E-state index contributed by atoms with van der Waals surface area (Å²) < 4.78 is 32.2. The number of rotatable bonds is 5. The summed E-state index contributed by atoms with van der Waals surface area (Å²) in [7, 11) is 0. The fourth-order valence-corrected chi connectivity index (χ4v) is 4.53. The van der Waals surface area contributed by atoms with Crippen molar-refractivity contribution in [3.05, 3.63) is 42.5 Å². The van der Waals surface area contributed by atoms with Crippen molar-refractivity contribution < 1.29 is 18.3 Å². The second kappa shape index (κ2) is 7.31. The normalized spacial score (nSPS) is 17.2. The van der Waals surface area contributed by atoms with Gasteiger partial charge < -0.3 is 19.9 Å². The van der Waals surface area contributed by atoms with Gasteiger partial charge in [-0.05, 0) is 49.9 Å². The Hall–Kier alpha value is -3.09. The molecule has 0 radical (unpaired) electrons. The Labute approximate surface area is 173 Å². The van der Waals surface area contributed by atoms with E-state index in [1.165, 1.54) is 6.07 Å². The Bertz CT molecular complexity index is 1100. The molecule has 3 aromatic rings. The first-order chi connectivity index (χ1) is 14.5. The summed E-state index contributed by atoms with van der Waals surface area (Å²) in [6.45, 7) is -2.12. The minimum absolute atomic E-state index is 0.130. The molecule has 2 fully saturated rings. The molecular weight excluding hydrogens is 388 g/mol. The Kier molecular flexibility index (Phi) is 4.60. The molecule has 5 rings (SSSR count). The lowest BCUT2D eigenvalue weighted by Gasteiger charge is -2.30. The molecule has 0 bridgehead atoms. The highest BCUT2D eigenvalue weighted by molar-refractivity contribution is 6.02. The monoisotopic (exact) mass is 411 g/mol. The van der Waals surface area contributed by atoms with Crippen molar-refractivity contribution in [1.82, 2.24) is 4.57 Å². The van der Waals surface area contributed by atoms with Crippen LogP contribution in [-0.4, -0.2) is 23.6 Å². The van der Waals surface area contributed by atoms with Crippen LogP contribution < -0.4 is 15.4 Å². The van der Waals surface area contributed by atoms with Crippen molar-refractivity contribution in [2.45, 2.75) is 44.8 Å². The van der Waals surface area contributed by atoms with Gasteiger partial charge in [-0.3, -0.25) is 4.79 Å². The van der Waals surface area contributed by atoms with Crippen LogP contribution in [0.4, 0.5) is 20.2 Å². The van der Waals surface area contributed by atoms with Gasteiger partial charge in [0.25, 0.3) is 0 Å². The van der Waals surface area contributed by atoms with Gasteiger partial charge in [0, 0.05) is 41.7 Å². The summed E-state index contributed by atoms with van der Waals surface area (Å²) in [6, 6.07) is 13.1. The van der Waals surface area contributed by atoms with Gasteiger partial charge in [-0.1, -0.05) is 12.1 Å². The summed E-state index contributed by atoms with van der Waals surface area (Å²) in [6.07, 6.45) is 4.65. The van der Waals surface area contributed by atoms with Crippen LogP contribution in [0.5, 0.6) is 5.75 Å². The molecule has 5 nitrogen and oxygen atoms in total. The van der Waals surface area contributed by atoms with Crippen LogP contribution in [0.3, 0.4) is 0 Å². The number of halogens is 2. The number of ether oxygens (including phenoxy) is 1. The van der Waals surface area contributed by atoms with Gasteiger partial charge in [0.2, 0.25) is 5.91 Å². The van der Waals surface area contributed by atoms with Crippen molar-refractivity contribution in [3.63, 3.8) is 0 Å². The number of nitrogens with two attached hydrogens (primary N) is 1. The topological polar surface area (TPSA) is 60.5 Å². The highest BCUT2D eigenvalue weighted by Crippen LogP contribution is 2.45. The standard InChI is InChI=1S/C23H23F2N3O2/c24-23(25)30-17-10-11-18-19(13-17)28(16-3-1-4-16)22(21(18)26)14-6-8-15(9-7-14)27-12-2-5-20(27)29/h6-11,13,16,23H,1-5,12,26H2. The number of fused-ring (bicyclic) bond motifs is 1. The van der Waals surface area contributed by atoms with E-state index in [0.717, 1.165) is 60.1 Å². The third-order valence-electron chi connectivity index (χ3n) is 6.21. The molecule has 2 aliphatic rings. The fourth-order valence-electron chi connectivity index (χ4n) is 4.53. The van der Waals surface area contributed by atoms with Crippen LogP contribution in [0, 0.1) is 0 Å². The average molecular weight is 411 g/mol. The maximum Gasteiger partial charge on any atom is 0.387 e. The maximum absolute atomic E-state index is 12.7. The second-order valence-electron chi connectivity index (χ2n) is 7.97. The average Bonchev–Trinajstić information content (AvgIpc) is 3.22. The molecule has 1 amide bonds. The van der Waals surface area contributed by atoms with Gasteiger partial charge >= 0.3 is 6.61 Å². The number of amides is 1. The van der Waals surface area contributed by atoms with Crippen LogP contribution in [-0.2, 0) is 4.79 Å². The zero-order valence-corrected chi connectivity index (χ0v) is 16.5. The van der Waals surface area contributed by atoms with E-state index in [4.69, 9.17) is 5.73 Å². The molecule has 1 saturated carbocycles. The highest BCUT2D eigenvalue weighted by Gasteiger charge is 2.28. The summed E-state index contributed by atoms with van der Waals surface area (Å²) in [5.41, 5.74) is 10.7. The third kappa shape index (κ3) is 3.09. The van der Waals surface area contributed by atoms with E-state index < -0.39 is 6.61 Å². The van der Waals surface area contributed by atoms with Crippen LogP contribution >= 0.6 is 0 Å². The Balaban J connectivity index is 1.61. The summed E-state index contributed by atoms with van der Waals surface area (Å²) in [4.78, 5) is 13.8. The minimum atomic E-state index is -2.87. The van der Waals surface area contributed by atoms with Crippen molar-refractivity contribution in [3.8, 4) is 17.0 Å². The quantitative estimate of drug-likeness (QED) is 0.616. The summed E-state index contributed by atoms with van der Waals surface area (Å²) in [5.74, 6) is 0.280. The van der Waals surface area contributed by atoms with Crippen LogP contribution in [0.25, 0.3) is 22.2 Å². The SMILES string of the molecule is Nc1c(-c2ccc(N3CCCC3=O)cc2)n(C2CCC2)c2cc(OC(F)F)ccc12. The van der Waals surface area contributed by atoms with E-state index in [1.807, 2.05) is 29.2 Å². The molecule has 156 valence electrons. The number of nitrogens with zero attached hydrogens (tertiary/aromatic N) is 2. The summed E-state index contributed by atoms with van der Waals surface area (Å²) in [5, 5.41) is 0.831. The molecule has 0 atom stereocenters. The fraction of sp³-hybridized carbons (Fsp3) is 0.348. The number of nitrogen functional groups attached to an aromatic ring is 1. The number of hydrogen-bond donors (Lipinski definition) is 1. The van der Waals surface area contributed by atoms with E-state index >= 15 is 0 Å². The lowest BCUT2D eigenvalue weighted by molar-refractivity contribution is -0.117. The molecular formula is C23H23F2N3O2. The van der Waals surface area contributed by atoms with E-state index in [-0.39, 0.29) is 17.7 Å². The summed E-state index contributed by atoms with van der Waals surface area (Å²) >= 11 is 0. The molecule has 0 spiro atoms. The van der Waals surface area contributed by atoms with Crippen molar-refractivity contribution in [1.29, 1.82) is 0 Å². The zero-order valence-electron chi connectivity index (χ0n) is 16.5. The van der Waals surface area contributed by atoms with E-state index in [0.29, 0.717) is 12.1 Å². The number of benzene rings is 2. The smallest absolute Gasteiger partial charge is 0.387 e. The first-order valence-corrected chi connectivity index (χ1v) is 10.3. The third-order valence-corrected chi connectivity index (χ3v) is 6.21. The second-order valence-corrected chi connectivity index (χ2v) is 7.97. The van der Waals surface area contributed by atoms with Crippen LogP contribution in [0.1, 0.15) is 38.1 Å². The van der Waals surface area contributed by atoms with E-state index in [9.17, 15) is 13.6 Å². The van der Waals surface area contributed by atoms with Gasteiger partial charge in [-0.25, -0.2) is 0 Å². The van der Waals surface area contributed by atoms with Gasteiger partial charge in [0.15, 0.2) is 0 Å². The lowest BCUT2D eigenvalue weighted by atomic mass is 9.92. The molecule has 7 heteroatoms. The number of carbonyl (C=O) groups excluding carboxylic acids is 1. The molecule has 1 aromatic heterocycles. The molecule has 2 aromatic carbocycles. The van der Waals surface area contributed by atoms with Crippen molar-refractivity contribution >= 4 is 28.2 Å². The lowest BCUT2D eigenvalue weighted by Crippen LogP contribution is -2.23. The van der Waals surface area contributed by atoms with E-state index in [2.05, 4.69) is 9.30 Å².